The van der Waals surface area contributed by atoms with Crippen molar-refractivity contribution in [2.45, 2.75) is 19.9 Å². The Morgan fingerprint density at radius 3 is 2.20 bits per heavy atom. The molecule has 1 unspecified atom stereocenters. The largest absolute Gasteiger partial charge is 0.394 e. The lowest BCUT2D eigenvalue weighted by Crippen LogP contribution is -2.34. The Labute approximate surface area is 147 Å². The van der Waals surface area contributed by atoms with Crippen LogP contribution in [0.4, 0.5) is 11.4 Å². The highest BCUT2D eigenvalue weighted by Gasteiger charge is 2.09. The quantitative estimate of drug-likeness (QED) is 0.621. The van der Waals surface area contributed by atoms with Crippen LogP contribution in [-0.4, -0.2) is 36.1 Å². The molecule has 2 amide bonds. The van der Waals surface area contributed by atoms with E-state index in [1.165, 1.54) is 0 Å². The molecule has 0 spiro atoms. The first-order chi connectivity index (χ1) is 12.0. The summed E-state index contributed by atoms with van der Waals surface area (Å²) >= 11 is 0. The molecule has 6 heteroatoms. The Morgan fingerprint density at radius 1 is 1.00 bits per heavy atom. The zero-order chi connectivity index (χ0) is 18.2. The molecule has 0 aromatic heterocycles. The molecule has 0 radical (unpaired) electrons. The van der Waals surface area contributed by atoms with Gasteiger partial charge in [-0.25, -0.2) is 0 Å². The smallest absolute Gasteiger partial charge is 0.251 e. The standard InChI is InChI=1S/C19H23N3O3/c1-13-3-7-17(8-4-13)22-18(24)11-20-16-9-5-15(6-10-16)19(25)21-14(2)12-23/h3-10,14,20,23H,11-12H2,1-2H3,(H,21,25)(H,22,24). The van der Waals surface area contributed by atoms with Crippen LogP contribution in [0.15, 0.2) is 48.5 Å². The molecule has 4 N–H and O–H groups in total. The number of aliphatic hydroxyl groups excluding tert-OH is 1. The molecule has 0 aliphatic rings. The van der Waals surface area contributed by atoms with Crippen molar-refractivity contribution in [2.75, 3.05) is 23.8 Å². The van der Waals surface area contributed by atoms with E-state index in [-0.39, 0.29) is 31.0 Å². The molecule has 2 aromatic carbocycles. The van der Waals surface area contributed by atoms with E-state index < -0.39 is 0 Å². The van der Waals surface area contributed by atoms with Crippen LogP contribution in [-0.2, 0) is 4.79 Å². The number of aliphatic hydroxyl groups is 1. The highest BCUT2D eigenvalue weighted by Crippen LogP contribution is 2.11. The zero-order valence-electron chi connectivity index (χ0n) is 14.4. The average molecular weight is 341 g/mol. The number of anilines is 2. The zero-order valence-corrected chi connectivity index (χ0v) is 14.4. The molecule has 2 rings (SSSR count). The minimum absolute atomic E-state index is 0.110. The third kappa shape index (κ3) is 5.93. The van der Waals surface area contributed by atoms with Gasteiger partial charge in [-0.05, 0) is 50.2 Å². The summed E-state index contributed by atoms with van der Waals surface area (Å²) in [6.45, 7) is 3.73. The van der Waals surface area contributed by atoms with E-state index in [0.717, 1.165) is 16.9 Å². The Hall–Kier alpha value is -2.86. The first-order valence-electron chi connectivity index (χ1n) is 8.10. The van der Waals surface area contributed by atoms with Crippen LogP contribution in [0, 0.1) is 6.92 Å². The maximum atomic E-state index is 11.9. The second-order valence-corrected chi connectivity index (χ2v) is 5.90. The molecule has 0 aliphatic heterocycles. The first-order valence-corrected chi connectivity index (χ1v) is 8.10. The third-order valence-corrected chi connectivity index (χ3v) is 3.59. The fourth-order valence-electron chi connectivity index (χ4n) is 2.12. The van der Waals surface area contributed by atoms with E-state index in [4.69, 9.17) is 5.11 Å². The van der Waals surface area contributed by atoms with Crippen molar-refractivity contribution in [3.8, 4) is 0 Å². The Kier molecular flexibility index (Phi) is 6.54. The minimum Gasteiger partial charge on any atom is -0.394 e. The molecule has 0 saturated carbocycles. The fourth-order valence-corrected chi connectivity index (χ4v) is 2.12. The predicted octanol–water partition coefficient (Wildman–Crippen LogP) is 2.16. The van der Waals surface area contributed by atoms with E-state index in [1.54, 1.807) is 31.2 Å². The summed E-state index contributed by atoms with van der Waals surface area (Å²) in [5.74, 6) is -0.396. The maximum absolute atomic E-state index is 11.9. The summed E-state index contributed by atoms with van der Waals surface area (Å²) in [6, 6.07) is 14.1. The Balaban J connectivity index is 1.83. The monoisotopic (exact) mass is 341 g/mol. The second-order valence-electron chi connectivity index (χ2n) is 5.90. The van der Waals surface area contributed by atoms with Crippen LogP contribution < -0.4 is 16.0 Å². The van der Waals surface area contributed by atoms with Crippen LogP contribution in [0.25, 0.3) is 0 Å². The minimum atomic E-state index is -0.296. The summed E-state index contributed by atoms with van der Waals surface area (Å²) in [5.41, 5.74) is 3.12. The van der Waals surface area contributed by atoms with E-state index in [0.29, 0.717) is 5.56 Å². The Bertz CT molecular complexity index is 712. The number of amides is 2. The van der Waals surface area contributed by atoms with Crippen molar-refractivity contribution in [1.82, 2.24) is 5.32 Å². The highest BCUT2D eigenvalue weighted by molar-refractivity contribution is 5.95. The number of hydrogen-bond donors (Lipinski definition) is 4. The molecule has 0 fully saturated rings. The molecule has 1 atom stereocenters. The van der Waals surface area contributed by atoms with E-state index in [2.05, 4.69) is 16.0 Å². The summed E-state index contributed by atoms with van der Waals surface area (Å²) in [4.78, 5) is 23.9. The van der Waals surface area contributed by atoms with Crippen molar-refractivity contribution in [2.24, 2.45) is 0 Å². The number of rotatable bonds is 7. The lowest BCUT2D eigenvalue weighted by molar-refractivity contribution is -0.114. The number of benzene rings is 2. The normalized spacial score (nSPS) is 11.5. The van der Waals surface area contributed by atoms with Gasteiger partial charge >= 0.3 is 0 Å². The molecular weight excluding hydrogens is 318 g/mol. The van der Waals surface area contributed by atoms with Crippen LogP contribution in [0.3, 0.4) is 0 Å². The van der Waals surface area contributed by atoms with Gasteiger partial charge in [0.05, 0.1) is 13.2 Å². The summed E-state index contributed by atoms with van der Waals surface area (Å²) in [6.07, 6.45) is 0. The third-order valence-electron chi connectivity index (χ3n) is 3.59. The lowest BCUT2D eigenvalue weighted by atomic mass is 10.2. The van der Waals surface area contributed by atoms with Crippen LogP contribution in [0.1, 0.15) is 22.8 Å². The molecule has 0 saturated heterocycles. The van der Waals surface area contributed by atoms with Gasteiger partial charge in [0.15, 0.2) is 0 Å². The molecule has 6 nitrogen and oxygen atoms in total. The van der Waals surface area contributed by atoms with Gasteiger partial charge in [-0.3, -0.25) is 9.59 Å². The number of carbonyl (C=O) groups is 2. The molecule has 25 heavy (non-hydrogen) atoms. The van der Waals surface area contributed by atoms with Gasteiger partial charge in [-0.2, -0.15) is 0 Å². The van der Waals surface area contributed by atoms with Crippen LogP contribution in [0.5, 0.6) is 0 Å². The highest BCUT2D eigenvalue weighted by atomic mass is 16.3. The van der Waals surface area contributed by atoms with Gasteiger partial charge in [0.25, 0.3) is 5.91 Å². The van der Waals surface area contributed by atoms with E-state index in [1.807, 2.05) is 31.2 Å². The molecule has 0 bridgehead atoms. The fraction of sp³-hybridized carbons (Fsp3) is 0.263. The van der Waals surface area contributed by atoms with Crippen LogP contribution in [0.2, 0.25) is 0 Å². The molecule has 2 aromatic rings. The number of hydrogen-bond acceptors (Lipinski definition) is 4. The second kappa shape index (κ2) is 8.84. The molecular formula is C19H23N3O3. The van der Waals surface area contributed by atoms with Gasteiger partial charge in [0.2, 0.25) is 5.91 Å². The number of carbonyl (C=O) groups excluding carboxylic acids is 2. The average Bonchev–Trinajstić information content (AvgIpc) is 2.62. The van der Waals surface area contributed by atoms with E-state index >= 15 is 0 Å². The maximum Gasteiger partial charge on any atom is 0.251 e. The SMILES string of the molecule is Cc1ccc(NC(=O)CNc2ccc(C(=O)NC(C)CO)cc2)cc1. The number of nitrogens with one attached hydrogen (secondary N) is 3. The van der Waals surface area contributed by atoms with Crippen molar-refractivity contribution >= 4 is 23.2 Å². The van der Waals surface area contributed by atoms with Crippen molar-refractivity contribution in [3.05, 3.63) is 59.7 Å². The molecule has 0 aliphatic carbocycles. The Morgan fingerprint density at radius 2 is 1.60 bits per heavy atom. The summed E-state index contributed by atoms with van der Waals surface area (Å²) in [7, 11) is 0. The first kappa shape index (κ1) is 18.5. The topological polar surface area (TPSA) is 90.5 Å². The van der Waals surface area contributed by atoms with Gasteiger partial charge in [0, 0.05) is 23.0 Å². The van der Waals surface area contributed by atoms with Gasteiger partial charge in [-0.1, -0.05) is 17.7 Å². The van der Waals surface area contributed by atoms with Gasteiger partial charge in [-0.15, -0.1) is 0 Å². The molecule has 0 heterocycles. The van der Waals surface area contributed by atoms with Crippen molar-refractivity contribution in [1.29, 1.82) is 0 Å². The lowest BCUT2D eigenvalue weighted by Gasteiger charge is -2.11. The predicted molar refractivity (Wildman–Crippen MR) is 98.8 cm³/mol. The summed E-state index contributed by atoms with van der Waals surface area (Å²) < 4.78 is 0. The number of aryl methyl sites for hydroxylation is 1. The molecule has 132 valence electrons. The van der Waals surface area contributed by atoms with Gasteiger partial charge in [0.1, 0.15) is 0 Å². The van der Waals surface area contributed by atoms with Crippen LogP contribution >= 0.6 is 0 Å². The van der Waals surface area contributed by atoms with Gasteiger partial charge < -0.3 is 21.1 Å². The summed E-state index contributed by atoms with van der Waals surface area (Å²) in [5, 5.41) is 17.4. The van der Waals surface area contributed by atoms with Crippen molar-refractivity contribution in [3.63, 3.8) is 0 Å². The van der Waals surface area contributed by atoms with Crippen molar-refractivity contribution < 1.29 is 14.7 Å². The van der Waals surface area contributed by atoms with E-state index in [9.17, 15) is 9.59 Å².